The number of hydrogen-bond donors (Lipinski definition) is 1. The second kappa shape index (κ2) is 8.74. The van der Waals surface area contributed by atoms with Gasteiger partial charge in [0.1, 0.15) is 11.3 Å². The van der Waals surface area contributed by atoms with Crippen LogP contribution < -0.4 is 5.32 Å². The summed E-state index contributed by atoms with van der Waals surface area (Å²) in [6.45, 7) is 2.89. The van der Waals surface area contributed by atoms with Gasteiger partial charge in [-0.1, -0.05) is 42.5 Å². The van der Waals surface area contributed by atoms with Crippen molar-refractivity contribution in [1.29, 1.82) is 0 Å². The number of carbonyl (C=O) groups is 1. The molecule has 7 nitrogen and oxygen atoms in total. The summed E-state index contributed by atoms with van der Waals surface area (Å²) in [5.74, 6) is -1.01. The molecule has 0 saturated heterocycles. The van der Waals surface area contributed by atoms with Crippen molar-refractivity contribution in [3.63, 3.8) is 0 Å². The molecule has 0 atom stereocenters. The molecule has 1 N–H and O–H groups in total. The second-order valence-corrected chi connectivity index (χ2v) is 7.73. The van der Waals surface area contributed by atoms with Crippen LogP contribution in [0.2, 0.25) is 0 Å². The van der Waals surface area contributed by atoms with Crippen molar-refractivity contribution in [2.24, 2.45) is 0 Å². The molecule has 0 unspecified atom stereocenters. The van der Waals surface area contributed by atoms with Gasteiger partial charge in [-0.15, -0.1) is 5.10 Å². The molecule has 2 aromatic carbocycles. The predicted molar refractivity (Wildman–Crippen MR) is 124 cm³/mol. The van der Waals surface area contributed by atoms with Crippen LogP contribution in [-0.4, -0.2) is 37.4 Å². The Balaban J connectivity index is 1.49. The van der Waals surface area contributed by atoms with E-state index >= 15 is 0 Å². The van der Waals surface area contributed by atoms with Gasteiger partial charge in [-0.2, -0.15) is 0 Å². The van der Waals surface area contributed by atoms with Gasteiger partial charge in [-0.25, -0.2) is 14.1 Å². The van der Waals surface area contributed by atoms with Crippen LogP contribution >= 0.6 is 0 Å². The van der Waals surface area contributed by atoms with Gasteiger partial charge in [0.2, 0.25) is 0 Å². The maximum absolute atomic E-state index is 14.7. The Labute approximate surface area is 189 Å². The van der Waals surface area contributed by atoms with Gasteiger partial charge in [0, 0.05) is 23.7 Å². The highest BCUT2D eigenvalue weighted by molar-refractivity contribution is 5.95. The summed E-state index contributed by atoms with van der Waals surface area (Å²) >= 11 is 0. The maximum atomic E-state index is 14.7. The molecule has 33 heavy (non-hydrogen) atoms. The lowest BCUT2D eigenvalue weighted by molar-refractivity contribution is 0.0949. The van der Waals surface area contributed by atoms with Gasteiger partial charge in [0.25, 0.3) is 5.91 Å². The fourth-order valence-corrected chi connectivity index (χ4v) is 3.77. The maximum Gasteiger partial charge on any atom is 0.254 e. The number of benzene rings is 2. The number of rotatable bonds is 6. The van der Waals surface area contributed by atoms with Gasteiger partial charge in [0.05, 0.1) is 23.3 Å². The molecular weight excluding hydrogens is 419 g/mol. The van der Waals surface area contributed by atoms with Crippen molar-refractivity contribution in [3.05, 3.63) is 83.8 Å². The molecule has 3 aromatic heterocycles. The first kappa shape index (κ1) is 20.7. The topological polar surface area (TPSA) is 85.6 Å². The Morgan fingerprint density at radius 1 is 1.09 bits per heavy atom. The molecule has 8 heteroatoms. The third-order valence-corrected chi connectivity index (χ3v) is 5.44. The van der Waals surface area contributed by atoms with Gasteiger partial charge >= 0.3 is 0 Å². The highest BCUT2D eigenvalue weighted by atomic mass is 19.1. The number of fused-ring (bicyclic) bond motifs is 2. The van der Waals surface area contributed by atoms with Crippen molar-refractivity contribution in [2.45, 2.75) is 19.9 Å². The SMILES string of the molecule is CCCNC(=O)c1ccc(-c2ccc3nnn(Cc4cccc5cccnc45)c3n2)cc1F. The molecular formula is C25H21FN6O. The minimum Gasteiger partial charge on any atom is -0.352 e. The summed E-state index contributed by atoms with van der Waals surface area (Å²) in [6.07, 6.45) is 2.55. The van der Waals surface area contributed by atoms with Crippen molar-refractivity contribution in [3.8, 4) is 11.3 Å². The molecule has 5 aromatic rings. The number of hydrogen-bond acceptors (Lipinski definition) is 5. The Hall–Kier alpha value is -4.20. The molecule has 1 amide bonds. The largest absolute Gasteiger partial charge is 0.352 e. The summed E-state index contributed by atoms with van der Waals surface area (Å²) in [6, 6.07) is 18.0. The van der Waals surface area contributed by atoms with Crippen LogP contribution in [0.3, 0.4) is 0 Å². The highest BCUT2D eigenvalue weighted by Crippen LogP contribution is 2.24. The predicted octanol–water partition coefficient (Wildman–Crippen LogP) is 4.37. The molecule has 0 aliphatic carbocycles. The van der Waals surface area contributed by atoms with Crippen LogP contribution in [0, 0.1) is 5.82 Å². The van der Waals surface area contributed by atoms with Crippen LogP contribution in [-0.2, 0) is 6.54 Å². The Bertz CT molecular complexity index is 1470. The van der Waals surface area contributed by atoms with Gasteiger partial charge in [0.15, 0.2) is 5.65 Å². The smallest absolute Gasteiger partial charge is 0.254 e. The van der Waals surface area contributed by atoms with Crippen molar-refractivity contribution < 1.29 is 9.18 Å². The Kier molecular flexibility index (Phi) is 5.48. The molecule has 164 valence electrons. The van der Waals surface area contributed by atoms with E-state index in [0.29, 0.717) is 35.5 Å². The summed E-state index contributed by atoms with van der Waals surface area (Å²) in [5.41, 5.74) is 4.29. The van der Waals surface area contributed by atoms with E-state index in [-0.39, 0.29) is 5.56 Å². The normalized spacial score (nSPS) is 11.2. The molecule has 0 bridgehead atoms. The van der Waals surface area contributed by atoms with Crippen LogP contribution in [0.5, 0.6) is 0 Å². The number of amides is 1. The molecule has 0 spiro atoms. The third-order valence-electron chi connectivity index (χ3n) is 5.44. The lowest BCUT2D eigenvalue weighted by Gasteiger charge is -2.08. The molecule has 0 saturated carbocycles. The van der Waals surface area contributed by atoms with Crippen molar-refractivity contribution in [1.82, 2.24) is 30.3 Å². The molecule has 0 radical (unpaired) electrons. The first-order valence-corrected chi connectivity index (χ1v) is 10.7. The second-order valence-electron chi connectivity index (χ2n) is 7.73. The van der Waals surface area contributed by atoms with Crippen LogP contribution in [0.4, 0.5) is 4.39 Å². The zero-order chi connectivity index (χ0) is 22.8. The number of halogens is 1. The lowest BCUT2D eigenvalue weighted by atomic mass is 10.1. The Morgan fingerprint density at radius 3 is 2.82 bits per heavy atom. The number of aromatic nitrogens is 5. The molecule has 3 heterocycles. The van der Waals surface area contributed by atoms with Crippen LogP contribution in [0.15, 0.2) is 66.9 Å². The van der Waals surface area contributed by atoms with E-state index in [1.165, 1.54) is 12.1 Å². The van der Waals surface area contributed by atoms with Crippen LogP contribution in [0.1, 0.15) is 29.3 Å². The average molecular weight is 440 g/mol. The minimum atomic E-state index is -0.587. The van der Waals surface area contributed by atoms with E-state index in [4.69, 9.17) is 4.98 Å². The fraction of sp³-hybridized carbons (Fsp3) is 0.160. The van der Waals surface area contributed by atoms with E-state index in [1.807, 2.05) is 43.3 Å². The quantitative estimate of drug-likeness (QED) is 0.424. The number of nitrogens with one attached hydrogen (secondary N) is 1. The third kappa shape index (κ3) is 4.03. The Morgan fingerprint density at radius 2 is 1.97 bits per heavy atom. The monoisotopic (exact) mass is 440 g/mol. The van der Waals surface area contributed by atoms with Gasteiger partial charge < -0.3 is 5.32 Å². The van der Waals surface area contributed by atoms with E-state index < -0.39 is 11.7 Å². The number of para-hydroxylation sites is 1. The number of nitrogens with zero attached hydrogens (tertiary/aromatic N) is 5. The van der Waals surface area contributed by atoms with E-state index in [0.717, 1.165) is 22.9 Å². The van der Waals surface area contributed by atoms with Crippen LogP contribution in [0.25, 0.3) is 33.3 Å². The summed E-state index contributed by atoms with van der Waals surface area (Å²) in [5, 5.41) is 12.2. The standard InChI is InChI=1S/C25H21FN6O/c1-2-12-28-25(33)19-9-8-17(14-20(19)26)21-10-11-22-24(29-21)32(31-30-22)15-18-6-3-5-16-7-4-13-27-23(16)18/h3-11,13-14H,2,12,15H2,1H3,(H,28,33). The zero-order valence-corrected chi connectivity index (χ0v) is 18.0. The average Bonchev–Trinajstić information content (AvgIpc) is 3.24. The molecule has 5 rings (SSSR count). The summed E-state index contributed by atoms with van der Waals surface area (Å²) in [7, 11) is 0. The lowest BCUT2D eigenvalue weighted by Crippen LogP contribution is -2.24. The van der Waals surface area contributed by atoms with Gasteiger partial charge in [-0.3, -0.25) is 9.78 Å². The van der Waals surface area contributed by atoms with E-state index in [9.17, 15) is 9.18 Å². The minimum absolute atomic E-state index is 0.0171. The van der Waals surface area contributed by atoms with E-state index in [2.05, 4.69) is 20.6 Å². The fourth-order valence-electron chi connectivity index (χ4n) is 3.77. The summed E-state index contributed by atoms with van der Waals surface area (Å²) in [4.78, 5) is 21.3. The van der Waals surface area contributed by atoms with Gasteiger partial charge in [-0.05, 0) is 42.3 Å². The molecule has 0 fully saturated rings. The number of pyridine rings is 2. The van der Waals surface area contributed by atoms with Crippen molar-refractivity contribution >= 4 is 28.0 Å². The number of carbonyl (C=O) groups excluding carboxylic acids is 1. The first-order valence-electron chi connectivity index (χ1n) is 10.7. The van der Waals surface area contributed by atoms with E-state index in [1.54, 1.807) is 23.0 Å². The first-order chi connectivity index (χ1) is 16.1. The molecule has 0 aliphatic heterocycles. The molecule has 0 aliphatic rings. The van der Waals surface area contributed by atoms with Crippen molar-refractivity contribution in [2.75, 3.05) is 6.54 Å². The summed E-state index contributed by atoms with van der Waals surface area (Å²) < 4.78 is 16.4. The highest BCUT2D eigenvalue weighted by Gasteiger charge is 2.15. The zero-order valence-electron chi connectivity index (χ0n) is 18.0.